The van der Waals surface area contributed by atoms with Crippen LogP contribution in [0.2, 0.25) is 5.02 Å². The van der Waals surface area contributed by atoms with Gasteiger partial charge in [0.25, 0.3) is 0 Å². The van der Waals surface area contributed by atoms with E-state index in [1.807, 2.05) is 13.8 Å². The molecule has 1 heterocycles. The molecule has 0 spiro atoms. The lowest BCUT2D eigenvalue weighted by atomic mass is 10.2. The van der Waals surface area contributed by atoms with Crippen LogP contribution in [0.4, 0.5) is 0 Å². The molecule has 0 fully saturated rings. The van der Waals surface area contributed by atoms with Crippen LogP contribution < -0.4 is 0 Å². The van der Waals surface area contributed by atoms with E-state index in [0.29, 0.717) is 0 Å². The molecule has 0 aliphatic rings. The van der Waals surface area contributed by atoms with Crippen LogP contribution >= 0.6 is 11.6 Å². The summed E-state index contributed by atoms with van der Waals surface area (Å²) in [6.45, 7) is 3.93. The molecule has 0 amide bonds. The van der Waals surface area contributed by atoms with Gasteiger partial charge in [0.15, 0.2) is 0 Å². The highest BCUT2D eigenvalue weighted by Crippen LogP contribution is 2.24. The first-order chi connectivity index (χ1) is 7.95. The molecule has 0 unspecified atom stereocenters. The molecule has 1 rings (SSSR count). The lowest BCUT2D eigenvalue weighted by Crippen LogP contribution is -2.36. The third kappa shape index (κ3) is 2.97. The Morgan fingerprint density at radius 3 is 2.47 bits per heavy atom. The van der Waals surface area contributed by atoms with Crippen LogP contribution in [0.1, 0.15) is 26.7 Å². The topological polar surface area (TPSA) is 50.3 Å². The van der Waals surface area contributed by atoms with Gasteiger partial charge in [-0.1, -0.05) is 25.4 Å². The molecule has 4 nitrogen and oxygen atoms in total. The summed E-state index contributed by atoms with van der Waals surface area (Å²) in [5, 5.41) is 0.206. The Balaban J connectivity index is 3.16. The molecule has 1 aromatic heterocycles. The summed E-state index contributed by atoms with van der Waals surface area (Å²) in [6.07, 6.45) is 4.29. The molecule has 1 aromatic rings. The standard InChI is InChI=1S/C11H17ClN2O2S/c1-4-9(5-2)14(3)17(15,16)11-8-13-7-6-10(11)12/h6-9H,4-5H2,1-3H3. The number of aromatic nitrogens is 1. The van der Waals surface area contributed by atoms with E-state index in [1.54, 1.807) is 7.05 Å². The predicted octanol–water partition coefficient (Wildman–Crippen LogP) is 2.54. The van der Waals surface area contributed by atoms with Crippen LogP contribution in [-0.4, -0.2) is 30.8 Å². The van der Waals surface area contributed by atoms with Crippen molar-refractivity contribution < 1.29 is 8.42 Å². The van der Waals surface area contributed by atoms with E-state index in [2.05, 4.69) is 4.98 Å². The quantitative estimate of drug-likeness (QED) is 0.830. The van der Waals surface area contributed by atoms with Gasteiger partial charge < -0.3 is 0 Å². The monoisotopic (exact) mass is 276 g/mol. The second-order valence-corrected chi connectivity index (χ2v) is 6.17. The summed E-state index contributed by atoms with van der Waals surface area (Å²) in [5.74, 6) is 0. The lowest BCUT2D eigenvalue weighted by Gasteiger charge is -2.25. The van der Waals surface area contributed by atoms with E-state index in [1.165, 1.54) is 22.8 Å². The van der Waals surface area contributed by atoms with Crippen molar-refractivity contribution in [1.29, 1.82) is 0 Å². The number of nitrogens with zero attached hydrogens (tertiary/aromatic N) is 2. The highest BCUT2D eigenvalue weighted by atomic mass is 35.5. The fourth-order valence-corrected chi connectivity index (χ4v) is 3.61. The zero-order valence-corrected chi connectivity index (χ0v) is 11.8. The molecule has 0 aliphatic carbocycles. The third-order valence-electron chi connectivity index (χ3n) is 2.85. The molecule has 6 heteroatoms. The number of hydrogen-bond donors (Lipinski definition) is 0. The first-order valence-corrected chi connectivity index (χ1v) is 7.34. The normalized spacial score (nSPS) is 12.4. The number of pyridine rings is 1. The van der Waals surface area contributed by atoms with Crippen molar-refractivity contribution in [2.75, 3.05) is 7.05 Å². The maximum Gasteiger partial charge on any atom is 0.246 e. The molecule has 17 heavy (non-hydrogen) atoms. The number of rotatable bonds is 5. The van der Waals surface area contributed by atoms with Crippen molar-refractivity contribution in [1.82, 2.24) is 9.29 Å². The van der Waals surface area contributed by atoms with Crippen molar-refractivity contribution in [3.05, 3.63) is 23.5 Å². The van der Waals surface area contributed by atoms with Gasteiger partial charge in [-0.25, -0.2) is 8.42 Å². The molecule has 0 saturated heterocycles. The fraction of sp³-hybridized carbons (Fsp3) is 0.545. The first kappa shape index (κ1) is 14.4. The molecule has 0 N–H and O–H groups in total. The summed E-state index contributed by atoms with van der Waals surface area (Å²) >= 11 is 5.90. The Hall–Kier alpha value is -0.650. The Morgan fingerprint density at radius 1 is 1.41 bits per heavy atom. The zero-order chi connectivity index (χ0) is 13.1. The molecule has 0 aliphatic heterocycles. The zero-order valence-electron chi connectivity index (χ0n) is 10.2. The Kier molecular flexibility index (Phi) is 4.91. The Bertz CT molecular complexity index is 472. The van der Waals surface area contributed by atoms with E-state index >= 15 is 0 Å². The minimum absolute atomic E-state index is 0.0173. The molecular weight excluding hydrogens is 260 g/mol. The fourth-order valence-electron chi connectivity index (χ4n) is 1.71. The van der Waals surface area contributed by atoms with Gasteiger partial charge in [-0.3, -0.25) is 4.98 Å². The van der Waals surface area contributed by atoms with E-state index in [4.69, 9.17) is 11.6 Å². The van der Waals surface area contributed by atoms with Gasteiger partial charge in [-0.05, 0) is 18.9 Å². The largest absolute Gasteiger partial charge is 0.263 e. The molecule has 0 atom stereocenters. The number of halogens is 1. The second-order valence-electron chi connectivity index (χ2n) is 3.80. The van der Waals surface area contributed by atoms with Gasteiger partial charge in [-0.2, -0.15) is 4.31 Å². The summed E-state index contributed by atoms with van der Waals surface area (Å²) in [7, 11) is -1.97. The van der Waals surface area contributed by atoms with Crippen molar-refractivity contribution in [3.63, 3.8) is 0 Å². The van der Waals surface area contributed by atoms with Gasteiger partial charge in [0.1, 0.15) is 4.90 Å². The van der Waals surface area contributed by atoms with Gasteiger partial charge in [0.05, 0.1) is 5.02 Å². The van der Waals surface area contributed by atoms with Crippen LogP contribution in [0.15, 0.2) is 23.4 Å². The van der Waals surface area contributed by atoms with Crippen LogP contribution in [0.25, 0.3) is 0 Å². The predicted molar refractivity (Wildman–Crippen MR) is 68.6 cm³/mol. The summed E-state index contributed by atoms with van der Waals surface area (Å²) in [4.78, 5) is 3.88. The molecule has 0 bridgehead atoms. The van der Waals surface area contributed by atoms with Crippen LogP contribution in [0.5, 0.6) is 0 Å². The SMILES string of the molecule is CCC(CC)N(C)S(=O)(=O)c1cnccc1Cl. The summed E-state index contributed by atoms with van der Waals surface area (Å²) in [6, 6.07) is 1.46. The number of sulfonamides is 1. The number of hydrogen-bond acceptors (Lipinski definition) is 3. The van der Waals surface area contributed by atoms with E-state index in [9.17, 15) is 8.42 Å². The van der Waals surface area contributed by atoms with Gasteiger partial charge in [-0.15, -0.1) is 0 Å². The Morgan fingerprint density at radius 2 is 2.00 bits per heavy atom. The third-order valence-corrected chi connectivity index (χ3v) is 5.23. The van der Waals surface area contributed by atoms with Gasteiger partial charge >= 0.3 is 0 Å². The van der Waals surface area contributed by atoms with Crippen LogP contribution in [0, 0.1) is 0 Å². The average molecular weight is 277 g/mol. The molecule has 96 valence electrons. The highest BCUT2D eigenvalue weighted by Gasteiger charge is 2.27. The average Bonchev–Trinajstić information content (AvgIpc) is 2.30. The van der Waals surface area contributed by atoms with Crippen molar-refractivity contribution >= 4 is 21.6 Å². The summed E-state index contributed by atoms with van der Waals surface area (Å²) in [5.41, 5.74) is 0. The molecular formula is C11H17ClN2O2S. The van der Waals surface area contributed by atoms with E-state index in [-0.39, 0.29) is 16.0 Å². The second kappa shape index (κ2) is 5.80. The first-order valence-electron chi connectivity index (χ1n) is 5.52. The minimum atomic E-state index is -3.55. The van der Waals surface area contributed by atoms with Crippen molar-refractivity contribution in [2.24, 2.45) is 0 Å². The smallest absolute Gasteiger partial charge is 0.246 e. The maximum atomic E-state index is 12.3. The van der Waals surface area contributed by atoms with Crippen LogP contribution in [-0.2, 0) is 10.0 Å². The van der Waals surface area contributed by atoms with Crippen molar-refractivity contribution in [2.45, 2.75) is 37.6 Å². The maximum absolute atomic E-state index is 12.3. The molecule has 0 saturated carbocycles. The van der Waals surface area contributed by atoms with Crippen molar-refractivity contribution in [3.8, 4) is 0 Å². The van der Waals surface area contributed by atoms with E-state index < -0.39 is 10.0 Å². The highest BCUT2D eigenvalue weighted by molar-refractivity contribution is 7.89. The lowest BCUT2D eigenvalue weighted by molar-refractivity contribution is 0.349. The van der Waals surface area contributed by atoms with Gasteiger partial charge in [0.2, 0.25) is 10.0 Å². The summed E-state index contributed by atoms with van der Waals surface area (Å²) < 4.78 is 26.0. The van der Waals surface area contributed by atoms with Crippen LogP contribution in [0.3, 0.4) is 0 Å². The Labute approximate surface area is 108 Å². The van der Waals surface area contributed by atoms with Gasteiger partial charge in [0, 0.05) is 25.5 Å². The minimum Gasteiger partial charge on any atom is -0.263 e. The van der Waals surface area contributed by atoms with E-state index in [0.717, 1.165) is 12.8 Å². The molecule has 0 aromatic carbocycles. The molecule has 0 radical (unpaired) electrons.